The van der Waals surface area contributed by atoms with Crippen molar-refractivity contribution in [2.24, 2.45) is 11.3 Å². The number of aryl methyl sites for hydroxylation is 1. The van der Waals surface area contributed by atoms with Crippen molar-refractivity contribution in [3.8, 4) is 11.8 Å². The fourth-order valence-corrected chi connectivity index (χ4v) is 2.51. The van der Waals surface area contributed by atoms with Crippen molar-refractivity contribution in [3.63, 3.8) is 0 Å². The molecule has 0 aliphatic heterocycles. The van der Waals surface area contributed by atoms with E-state index in [1.54, 1.807) is 6.07 Å². The van der Waals surface area contributed by atoms with E-state index in [2.05, 4.69) is 31.0 Å². The summed E-state index contributed by atoms with van der Waals surface area (Å²) in [5, 5.41) is 11.8. The highest BCUT2D eigenvalue weighted by atomic mass is 16.2. The van der Waals surface area contributed by atoms with Gasteiger partial charge in [-0.15, -0.1) is 0 Å². The summed E-state index contributed by atoms with van der Waals surface area (Å²) in [6.45, 7) is 6.95. The second-order valence-electron chi connectivity index (χ2n) is 6.19. The van der Waals surface area contributed by atoms with Crippen LogP contribution in [0, 0.1) is 30.1 Å². The average Bonchev–Trinajstić information content (AvgIpc) is 3.25. The molecule has 2 N–H and O–H groups in total. The van der Waals surface area contributed by atoms with Crippen molar-refractivity contribution in [2.75, 3.05) is 13.2 Å². The lowest BCUT2D eigenvalue weighted by Crippen LogP contribution is -2.32. The molecular weight excluding hydrogens is 262 g/mol. The summed E-state index contributed by atoms with van der Waals surface area (Å²) in [4.78, 5) is 12.3. The van der Waals surface area contributed by atoms with Gasteiger partial charge >= 0.3 is 0 Å². The topological polar surface area (TPSA) is 49.3 Å². The van der Waals surface area contributed by atoms with Gasteiger partial charge in [0.2, 0.25) is 0 Å². The molecule has 112 valence electrons. The van der Waals surface area contributed by atoms with Gasteiger partial charge in [0, 0.05) is 17.7 Å². The largest absolute Gasteiger partial charge is 0.384 e. The Kier molecular flexibility index (Phi) is 4.69. The molecule has 0 spiro atoms. The minimum Gasteiger partial charge on any atom is -0.384 e. The lowest BCUT2D eigenvalue weighted by atomic mass is 9.92. The fourth-order valence-electron chi connectivity index (χ4n) is 2.51. The molecule has 0 aromatic heterocycles. The molecule has 1 fully saturated rings. The lowest BCUT2D eigenvalue weighted by molar-refractivity contribution is 0.0939. The number of hydrogen-bond acceptors (Lipinski definition) is 2. The second kappa shape index (κ2) is 6.32. The summed E-state index contributed by atoms with van der Waals surface area (Å²) in [5.74, 6) is 6.06. The summed E-state index contributed by atoms with van der Waals surface area (Å²) >= 11 is 0. The molecule has 3 nitrogen and oxygen atoms in total. The summed E-state index contributed by atoms with van der Waals surface area (Å²) in [6, 6.07) is 5.51. The standard InChI is InChI=1S/C18H23NO2/c1-13(2)18(8-9-18)12-19-17(21)16-7-6-14(3)15(11-16)5-4-10-20/h6-7,11,13,20H,8-10,12H2,1-3H3,(H,19,21). The van der Waals surface area contributed by atoms with Gasteiger partial charge in [-0.3, -0.25) is 4.79 Å². The summed E-state index contributed by atoms with van der Waals surface area (Å²) in [5.41, 5.74) is 2.73. The van der Waals surface area contributed by atoms with Crippen LogP contribution < -0.4 is 5.32 Å². The maximum Gasteiger partial charge on any atom is 0.251 e. The summed E-state index contributed by atoms with van der Waals surface area (Å²) < 4.78 is 0. The van der Waals surface area contributed by atoms with Gasteiger partial charge in [-0.25, -0.2) is 0 Å². The van der Waals surface area contributed by atoms with Crippen LogP contribution in [0.5, 0.6) is 0 Å². The summed E-state index contributed by atoms with van der Waals surface area (Å²) in [6.07, 6.45) is 2.40. The smallest absolute Gasteiger partial charge is 0.251 e. The van der Waals surface area contributed by atoms with E-state index in [4.69, 9.17) is 5.11 Å². The minimum atomic E-state index is -0.174. The Morgan fingerprint density at radius 1 is 1.43 bits per heavy atom. The van der Waals surface area contributed by atoms with Crippen molar-refractivity contribution >= 4 is 5.91 Å². The first-order valence-corrected chi connectivity index (χ1v) is 7.47. The summed E-state index contributed by atoms with van der Waals surface area (Å²) in [7, 11) is 0. The Labute approximate surface area is 126 Å². The number of amides is 1. The fraction of sp³-hybridized carbons (Fsp3) is 0.500. The van der Waals surface area contributed by atoms with Crippen molar-refractivity contribution in [2.45, 2.75) is 33.6 Å². The van der Waals surface area contributed by atoms with Crippen LogP contribution in [-0.2, 0) is 0 Å². The van der Waals surface area contributed by atoms with Crippen LogP contribution in [-0.4, -0.2) is 24.2 Å². The zero-order valence-corrected chi connectivity index (χ0v) is 13.0. The Morgan fingerprint density at radius 3 is 2.71 bits per heavy atom. The molecule has 1 aliphatic rings. The van der Waals surface area contributed by atoms with E-state index in [-0.39, 0.29) is 12.5 Å². The van der Waals surface area contributed by atoms with E-state index in [0.717, 1.165) is 17.7 Å². The Morgan fingerprint density at radius 2 is 2.14 bits per heavy atom. The third-order valence-electron chi connectivity index (χ3n) is 4.52. The maximum atomic E-state index is 12.3. The molecule has 1 saturated carbocycles. The lowest BCUT2D eigenvalue weighted by Gasteiger charge is -2.20. The monoisotopic (exact) mass is 285 g/mol. The highest BCUT2D eigenvalue weighted by Crippen LogP contribution is 2.51. The van der Waals surface area contributed by atoms with Crippen molar-refractivity contribution in [1.82, 2.24) is 5.32 Å². The number of benzene rings is 1. The first-order valence-electron chi connectivity index (χ1n) is 7.47. The van der Waals surface area contributed by atoms with Crippen LogP contribution in [0.25, 0.3) is 0 Å². The zero-order chi connectivity index (χ0) is 15.5. The number of aliphatic hydroxyl groups is 1. The van der Waals surface area contributed by atoms with Gasteiger partial charge in [0.25, 0.3) is 5.91 Å². The zero-order valence-electron chi connectivity index (χ0n) is 13.0. The molecule has 0 radical (unpaired) electrons. The van der Waals surface area contributed by atoms with Gasteiger partial charge in [0.1, 0.15) is 6.61 Å². The Hall–Kier alpha value is -1.79. The van der Waals surface area contributed by atoms with Crippen molar-refractivity contribution < 1.29 is 9.90 Å². The van der Waals surface area contributed by atoms with Crippen LogP contribution in [0.2, 0.25) is 0 Å². The van der Waals surface area contributed by atoms with Crippen LogP contribution >= 0.6 is 0 Å². The predicted octanol–water partition coefficient (Wildman–Crippen LogP) is 2.50. The number of nitrogens with one attached hydrogen (secondary N) is 1. The Balaban J connectivity index is 2.06. The molecular formula is C18H23NO2. The molecule has 0 unspecified atom stereocenters. The first kappa shape index (κ1) is 15.6. The normalized spacial score (nSPS) is 15.3. The van der Waals surface area contributed by atoms with Gasteiger partial charge in [0.05, 0.1) is 0 Å². The molecule has 0 saturated heterocycles. The molecule has 0 heterocycles. The van der Waals surface area contributed by atoms with Crippen LogP contribution in [0.3, 0.4) is 0 Å². The van der Waals surface area contributed by atoms with E-state index in [1.807, 2.05) is 19.1 Å². The third-order valence-corrected chi connectivity index (χ3v) is 4.52. The molecule has 1 amide bonds. The van der Waals surface area contributed by atoms with E-state index in [0.29, 0.717) is 16.9 Å². The van der Waals surface area contributed by atoms with E-state index < -0.39 is 0 Å². The average molecular weight is 285 g/mol. The number of carbonyl (C=O) groups is 1. The number of aliphatic hydroxyl groups excluding tert-OH is 1. The molecule has 0 atom stereocenters. The van der Waals surface area contributed by atoms with Gasteiger partial charge in [0.15, 0.2) is 0 Å². The minimum absolute atomic E-state index is 0.0472. The predicted molar refractivity (Wildman–Crippen MR) is 84.0 cm³/mol. The SMILES string of the molecule is Cc1ccc(C(=O)NCC2(C(C)C)CC2)cc1C#CCO. The van der Waals surface area contributed by atoms with E-state index >= 15 is 0 Å². The quantitative estimate of drug-likeness (QED) is 0.835. The molecule has 1 aromatic rings. The van der Waals surface area contributed by atoms with Gasteiger partial charge in [-0.05, 0) is 48.8 Å². The molecule has 3 heteroatoms. The Bertz CT molecular complexity index is 589. The van der Waals surface area contributed by atoms with Crippen LogP contribution in [0.1, 0.15) is 48.2 Å². The highest BCUT2D eigenvalue weighted by Gasteiger charge is 2.45. The molecule has 1 aliphatic carbocycles. The van der Waals surface area contributed by atoms with E-state index in [9.17, 15) is 4.79 Å². The van der Waals surface area contributed by atoms with Crippen LogP contribution in [0.15, 0.2) is 18.2 Å². The van der Waals surface area contributed by atoms with Gasteiger partial charge < -0.3 is 10.4 Å². The molecule has 21 heavy (non-hydrogen) atoms. The van der Waals surface area contributed by atoms with E-state index in [1.165, 1.54) is 12.8 Å². The van der Waals surface area contributed by atoms with Crippen LogP contribution in [0.4, 0.5) is 0 Å². The number of hydrogen-bond donors (Lipinski definition) is 2. The molecule has 1 aromatic carbocycles. The molecule has 0 bridgehead atoms. The maximum absolute atomic E-state index is 12.3. The van der Waals surface area contributed by atoms with Gasteiger partial charge in [-0.1, -0.05) is 31.8 Å². The van der Waals surface area contributed by atoms with Gasteiger partial charge in [-0.2, -0.15) is 0 Å². The number of rotatable bonds is 4. The van der Waals surface area contributed by atoms with Crippen molar-refractivity contribution in [1.29, 1.82) is 0 Å². The third kappa shape index (κ3) is 3.65. The first-order chi connectivity index (χ1) is 9.98. The highest BCUT2D eigenvalue weighted by molar-refractivity contribution is 5.94. The second-order valence-corrected chi connectivity index (χ2v) is 6.19. The van der Waals surface area contributed by atoms with Crippen molar-refractivity contribution in [3.05, 3.63) is 34.9 Å². The molecule has 2 rings (SSSR count). The number of carbonyl (C=O) groups excluding carboxylic acids is 1.